The van der Waals surface area contributed by atoms with Crippen LogP contribution in [0.15, 0.2) is 0 Å². The zero-order valence-corrected chi connectivity index (χ0v) is 11.1. The Hall–Kier alpha value is -0.120. The molecule has 2 aliphatic heterocycles. The lowest BCUT2D eigenvalue weighted by Gasteiger charge is -2.43. The van der Waals surface area contributed by atoms with Crippen LogP contribution in [0, 0.1) is 11.8 Å². The maximum atomic E-state index is 3.83. The van der Waals surface area contributed by atoms with E-state index in [0.29, 0.717) is 6.17 Å². The van der Waals surface area contributed by atoms with Crippen molar-refractivity contribution in [2.75, 3.05) is 19.8 Å². The Morgan fingerprint density at radius 2 is 1.82 bits per heavy atom. The molecule has 2 N–H and O–H groups in total. The highest BCUT2D eigenvalue weighted by molar-refractivity contribution is 4.95. The summed E-state index contributed by atoms with van der Waals surface area (Å²) in [5.41, 5.74) is 0. The molecule has 3 rings (SSSR count). The van der Waals surface area contributed by atoms with Gasteiger partial charge in [-0.05, 0) is 50.6 Å². The molecular weight excluding hydrogens is 210 g/mol. The standard InChI is InChI=1S/C14H27N3/c1-2-17-10-16-13-8-4-3-6-11(13)12-7-5-9-15-14(12)17/h11-16H,2-10H2,1H3. The first-order chi connectivity index (χ1) is 8.40. The highest BCUT2D eigenvalue weighted by Gasteiger charge is 2.41. The summed E-state index contributed by atoms with van der Waals surface area (Å²) in [6.45, 7) is 5.77. The molecule has 4 atom stereocenters. The van der Waals surface area contributed by atoms with Gasteiger partial charge in [0.15, 0.2) is 0 Å². The van der Waals surface area contributed by atoms with Gasteiger partial charge in [0, 0.05) is 12.7 Å². The van der Waals surface area contributed by atoms with E-state index in [2.05, 4.69) is 22.5 Å². The molecule has 98 valence electrons. The van der Waals surface area contributed by atoms with Crippen molar-refractivity contribution in [1.29, 1.82) is 0 Å². The fourth-order valence-corrected chi connectivity index (χ4v) is 4.31. The summed E-state index contributed by atoms with van der Waals surface area (Å²) in [7, 11) is 0. The Kier molecular flexibility index (Phi) is 3.69. The Morgan fingerprint density at radius 3 is 2.71 bits per heavy atom. The van der Waals surface area contributed by atoms with Crippen molar-refractivity contribution in [1.82, 2.24) is 15.5 Å². The van der Waals surface area contributed by atoms with Gasteiger partial charge in [-0.3, -0.25) is 4.90 Å². The molecule has 0 aromatic carbocycles. The van der Waals surface area contributed by atoms with E-state index in [-0.39, 0.29) is 0 Å². The summed E-state index contributed by atoms with van der Waals surface area (Å²) >= 11 is 0. The van der Waals surface area contributed by atoms with E-state index in [0.717, 1.165) is 24.5 Å². The molecule has 0 spiro atoms. The van der Waals surface area contributed by atoms with Gasteiger partial charge in [0.25, 0.3) is 0 Å². The lowest BCUT2D eigenvalue weighted by molar-refractivity contribution is 0.0677. The average Bonchev–Trinajstić information content (AvgIpc) is 2.56. The first kappa shape index (κ1) is 11.9. The molecule has 0 aromatic rings. The minimum atomic E-state index is 0.648. The van der Waals surface area contributed by atoms with Gasteiger partial charge in [0.2, 0.25) is 0 Å². The summed E-state index contributed by atoms with van der Waals surface area (Å²) in [4.78, 5) is 2.61. The van der Waals surface area contributed by atoms with E-state index in [4.69, 9.17) is 0 Å². The highest BCUT2D eigenvalue weighted by atomic mass is 15.3. The van der Waals surface area contributed by atoms with Gasteiger partial charge in [-0.25, -0.2) is 0 Å². The molecule has 2 saturated heterocycles. The molecular formula is C14H27N3. The predicted molar refractivity (Wildman–Crippen MR) is 70.6 cm³/mol. The molecule has 0 amide bonds. The Morgan fingerprint density at radius 1 is 1.00 bits per heavy atom. The van der Waals surface area contributed by atoms with Crippen LogP contribution in [-0.4, -0.2) is 36.9 Å². The van der Waals surface area contributed by atoms with Crippen LogP contribution < -0.4 is 10.6 Å². The first-order valence-corrected chi connectivity index (χ1v) is 7.61. The minimum absolute atomic E-state index is 0.648. The maximum absolute atomic E-state index is 3.83. The van der Waals surface area contributed by atoms with Crippen LogP contribution in [0.1, 0.15) is 45.4 Å². The van der Waals surface area contributed by atoms with Crippen molar-refractivity contribution in [2.24, 2.45) is 11.8 Å². The Labute approximate surface area is 105 Å². The normalized spacial score (nSPS) is 43.6. The van der Waals surface area contributed by atoms with Crippen LogP contribution in [0.25, 0.3) is 0 Å². The first-order valence-electron chi connectivity index (χ1n) is 7.61. The number of hydrogen-bond donors (Lipinski definition) is 2. The molecule has 1 saturated carbocycles. The van der Waals surface area contributed by atoms with Crippen molar-refractivity contribution >= 4 is 0 Å². The number of fused-ring (bicyclic) bond motifs is 3. The topological polar surface area (TPSA) is 27.3 Å². The molecule has 3 fully saturated rings. The number of hydrogen-bond acceptors (Lipinski definition) is 3. The fraction of sp³-hybridized carbons (Fsp3) is 1.00. The van der Waals surface area contributed by atoms with Crippen molar-refractivity contribution in [3.8, 4) is 0 Å². The van der Waals surface area contributed by atoms with Crippen molar-refractivity contribution < 1.29 is 0 Å². The van der Waals surface area contributed by atoms with Crippen molar-refractivity contribution in [3.05, 3.63) is 0 Å². The van der Waals surface area contributed by atoms with Crippen LogP contribution in [0.3, 0.4) is 0 Å². The van der Waals surface area contributed by atoms with Crippen LogP contribution in [0.5, 0.6) is 0 Å². The van der Waals surface area contributed by atoms with Crippen LogP contribution in [-0.2, 0) is 0 Å². The van der Waals surface area contributed by atoms with Gasteiger partial charge in [-0.2, -0.15) is 0 Å². The minimum Gasteiger partial charge on any atom is -0.301 e. The molecule has 1 aliphatic carbocycles. The van der Waals surface area contributed by atoms with E-state index in [1.165, 1.54) is 51.6 Å². The average molecular weight is 237 g/mol. The lowest BCUT2D eigenvalue weighted by Crippen LogP contribution is -2.54. The molecule has 0 radical (unpaired) electrons. The van der Waals surface area contributed by atoms with Crippen molar-refractivity contribution in [3.63, 3.8) is 0 Å². The Balaban J connectivity index is 1.81. The monoisotopic (exact) mass is 237 g/mol. The Bertz CT molecular complexity index is 242. The molecule has 17 heavy (non-hydrogen) atoms. The zero-order chi connectivity index (χ0) is 11.7. The van der Waals surface area contributed by atoms with Gasteiger partial charge in [-0.1, -0.05) is 19.8 Å². The van der Waals surface area contributed by atoms with Gasteiger partial charge >= 0.3 is 0 Å². The van der Waals surface area contributed by atoms with E-state index >= 15 is 0 Å². The van der Waals surface area contributed by atoms with Gasteiger partial charge in [-0.15, -0.1) is 0 Å². The third-order valence-corrected chi connectivity index (χ3v) is 5.20. The second kappa shape index (κ2) is 5.25. The van der Waals surface area contributed by atoms with Gasteiger partial charge in [0.1, 0.15) is 0 Å². The number of piperidine rings is 1. The van der Waals surface area contributed by atoms with Gasteiger partial charge < -0.3 is 10.6 Å². The second-order valence-electron chi connectivity index (χ2n) is 6.03. The third-order valence-electron chi connectivity index (χ3n) is 5.20. The summed E-state index contributed by atoms with van der Waals surface area (Å²) in [5.74, 6) is 1.82. The largest absolute Gasteiger partial charge is 0.301 e. The maximum Gasteiger partial charge on any atom is 0.0640 e. The molecule has 2 heterocycles. The van der Waals surface area contributed by atoms with Crippen LogP contribution in [0.2, 0.25) is 0 Å². The van der Waals surface area contributed by atoms with E-state index in [1.54, 1.807) is 0 Å². The number of rotatable bonds is 1. The lowest BCUT2D eigenvalue weighted by atomic mass is 9.73. The van der Waals surface area contributed by atoms with E-state index in [1.807, 2.05) is 0 Å². The smallest absolute Gasteiger partial charge is 0.0640 e. The van der Waals surface area contributed by atoms with E-state index < -0.39 is 0 Å². The van der Waals surface area contributed by atoms with E-state index in [9.17, 15) is 0 Å². The fourth-order valence-electron chi connectivity index (χ4n) is 4.31. The number of nitrogens with one attached hydrogen (secondary N) is 2. The molecule has 0 aromatic heterocycles. The van der Waals surface area contributed by atoms with Crippen LogP contribution in [0.4, 0.5) is 0 Å². The third kappa shape index (κ3) is 2.25. The summed E-state index contributed by atoms with van der Waals surface area (Å²) in [6.07, 6.45) is 9.22. The highest BCUT2D eigenvalue weighted by Crippen LogP contribution is 2.38. The number of nitrogens with zero attached hydrogens (tertiary/aromatic N) is 1. The summed E-state index contributed by atoms with van der Waals surface area (Å²) < 4.78 is 0. The molecule has 3 nitrogen and oxygen atoms in total. The quantitative estimate of drug-likeness (QED) is 0.727. The summed E-state index contributed by atoms with van der Waals surface area (Å²) in [6, 6.07) is 0.799. The SMILES string of the molecule is CCN1CNC2CCCCC2C2CCCNC21. The van der Waals surface area contributed by atoms with Crippen LogP contribution >= 0.6 is 0 Å². The molecule has 4 unspecified atom stereocenters. The molecule has 3 heteroatoms. The van der Waals surface area contributed by atoms with Crippen molar-refractivity contribution in [2.45, 2.75) is 57.7 Å². The van der Waals surface area contributed by atoms with Gasteiger partial charge in [0.05, 0.1) is 6.17 Å². The predicted octanol–water partition coefficient (Wildman–Crippen LogP) is 1.75. The summed E-state index contributed by atoms with van der Waals surface area (Å²) in [5, 5.41) is 7.61. The molecule has 0 bridgehead atoms. The molecule has 3 aliphatic rings. The zero-order valence-electron chi connectivity index (χ0n) is 11.1. The second-order valence-corrected chi connectivity index (χ2v) is 6.03.